The largest absolute Gasteiger partial charge is 0.487 e. The highest BCUT2D eigenvalue weighted by Crippen LogP contribution is 2.42. The van der Waals surface area contributed by atoms with Crippen LogP contribution in [0.5, 0.6) is 11.5 Å². The number of halogens is 1. The lowest BCUT2D eigenvalue weighted by molar-refractivity contribution is -0.128. The highest BCUT2D eigenvalue weighted by atomic mass is 35.5. The van der Waals surface area contributed by atoms with E-state index < -0.39 is 6.10 Å². The molecule has 1 amide bonds. The number of ether oxygens (including phenoxy) is 2. The predicted octanol–water partition coefficient (Wildman–Crippen LogP) is 5.31. The maximum Gasteiger partial charge on any atom is 0.261 e. The summed E-state index contributed by atoms with van der Waals surface area (Å²) in [6.07, 6.45) is 1.85. The van der Waals surface area contributed by atoms with Gasteiger partial charge in [0.2, 0.25) is 0 Å². The summed E-state index contributed by atoms with van der Waals surface area (Å²) in [7, 11) is 0. The number of para-hydroxylation sites is 2. The van der Waals surface area contributed by atoms with Gasteiger partial charge in [0.15, 0.2) is 6.10 Å². The fourth-order valence-corrected chi connectivity index (χ4v) is 3.68. The van der Waals surface area contributed by atoms with Crippen molar-refractivity contribution in [3.05, 3.63) is 59.1 Å². The molecule has 3 rings (SSSR count). The second-order valence-electron chi connectivity index (χ2n) is 6.99. The molecule has 1 N–H and O–H groups in total. The molecule has 4 nitrogen and oxygen atoms in total. The van der Waals surface area contributed by atoms with Crippen LogP contribution in [0.1, 0.15) is 51.6 Å². The second kappa shape index (κ2) is 8.22. The molecule has 1 heterocycles. The topological polar surface area (TPSA) is 47.6 Å². The monoisotopic (exact) mass is 387 g/mol. The molecule has 2 atom stereocenters. The van der Waals surface area contributed by atoms with Gasteiger partial charge in [0.05, 0.1) is 11.1 Å². The normalized spacial score (nSPS) is 18.7. The van der Waals surface area contributed by atoms with Crippen molar-refractivity contribution >= 4 is 17.5 Å². The molecule has 0 saturated carbocycles. The smallest absolute Gasteiger partial charge is 0.261 e. The molecule has 2 aromatic carbocycles. The van der Waals surface area contributed by atoms with Gasteiger partial charge in [0.25, 0.3) is 5.91 Å². The Hall–Kier alpha value is -2.20. The quantitative estimate of drug-likeness (QED) is 0.731. The number of fused-ring (bicyclic) bond motifs is 1. The van der Waals surface area contributed by atoms with Crippen molar-refractivity contribution in [1.29, 1.82) is 0 Å². The SMILES string of the molecule is CCC1(CC)C[C@@H](NC(=O)[C@H](C)Oc2ccccc2Cl)c2ccccc2O1. The van der Waals surface area contributed by atoms with Crippen LogP contribution in [0.15, 0.2) is 48.5 Å². The fraction of sp³-hybridized carbons (Fsp3) is 0.409. The van der Waals surface area contributed by atoms with Crippen LogP contribution in [-0.4, -0.2) is 17.6 Å². The molecule has 27 heavy (non-hydrogen) atoms. The third-order valence-electron chi connectivity index (χ3n) is 5.31. The fourth-order valence-electron chi connectivity index (χ4n) is 3.50. The number of hydrogen-bond donors (Lipinski definition) is 1. The van der Waals surface area contributed by atoms with Gasteiger partial charge in [-0.05, 0) is 38.0 Å². The average molecular weight is 388 g/mol. The first-order chi connectivity index (χ1) is 13.0. The van der Waals surface area contributed by atoms with Gasteiger partial charge in [0.1, 0.15) is 17.1 Å². The van der Waals surface area contributed by atoms with Crippen LogP contribution in [0.4, 0.5) is 0 Å². The molecule has 0 bridgehead atoms. The van der Waals surface area contributed by atoms with E-state index in [1.807, 2.05) is 36.4 Å². The number of carbonyl (C=O) groups is 1. The van der Waals surface area contributed by atoms with Crippen molar-refractivity contribution in [2.75, 3.05) is 0 Å². The minimum atomic E-state index is -0.655. The summed E-state index contributed by atoms with van der Waals surface area (Å²) in [5.74, 6) is 1.18. The van der Waals surface area contributed by atoms with Crippen molar-refractivity contribution < 1.29 is 14.3 Å². The Morgan fingerprint density at radius 3 is 2.59 bits per heavy atom. The second-order valence-corrected chi connectivity index (χ2v) is 7.39. The first kappa shape index (κ1) is 19.6. The molecule has 0 fully saturated rings. The van der Waals surface area contributed by atoms with Crippen molar-refractivity contribution in [2.24, 2.45) is 0 Å². The van der Waals surface area contributed by atoms with E-state index in [-0.39, 0.29) is 17.6 Å². The van der Waals surface area contributed by atoms with E-state index in [9.17, 15) is 4.79 Å². The maximum absolute atomic E-state index is 12.8. The number of carbonyl (C=O) groups excluding carboxylic acids is 1. The lowest BCUT2D eigenvalue weighted by Gasteiger charge is -2.41. The van der Waals surface area contributed by atoms with Gasteiger partial charge >= 0.3 is 0 Å². The Morgan fingerprint density at radius 1 is 1.22 bits per heavy atom. The Morgan fingerprint density at radius 2 is 1.89 bits per heavy atom. The third kappa shape index (κ3) is 4.22. The first-order valence-electron chi connectivity index (χ1n) is 9.47. The number of rotatable bonds is 6. The standard InChI is InChI=1S/C22H26ClNO3/c1-4-22(5-2)14-18(16-10-6-8-12-19(16)27-22)24-21(25)15(3)26-20-13-9-7-11-17(20)23/h6-13,15,18H,4-5,14H2,1-3H3,(H,24,25)/t15-,18+/m0/s1. The molecule has 1 aliphatic rings. The highest BCUT2D eigenvalue weighted by molar-refractivity contribution is 6.32. The minimum absolute atomic E-state index is 0.111. The summed E-state index contributed by atoms with van der Waals surface area (Å²) in [4.78, 5) is 12.8. The van der Waals surface area contributed by atoms with Crippen LogP contribution in [0.25, 0.3) is 0 Å². The van der Waals surface area contributed by atoms with Gasteiger partial charge in [-0.15, -0.1) is 0 Å². The minimum Gasteiger partial charge on any atom is -0.487 e. The molecule has 0 radical (unpaired) electrons. The van der Waals surface area contributed by atoms with E-state index in [0.29, 0.717) is 10.8 Å². The summed E-state index contributed by atoms with van der Waals surface area (Å²) in [6, 6.07) is 15.0. The van der Waals surface area contributed by atoms with Crippen molar-refractivity contribution in [3.63, 3.8) is 0 Å². The van der Waals surface area contributed by atoms with Crippen molar-refractivity contribution in [1.82, 2.24) is 5.32 Å². The van der Waals surface area contributed by atoms with Gasteiger partial charge in [-0.1, -0.05) is 55.8 Å². The van der Waals surface area contributed by atoms with Gasteiger partial charge < -0.3 is 14.8 Å². The van der Waals surface area contributed by atoms with Crippen LogP contribution < -0.4 is 14.8 Å². The molecule has 2 aromatic rings. The van der Waals surface area contributed by atoms with E-state index in [0.717, 1.165) is 30.6 Å². The Balaban J connectivity index is 1.77. The highest BCUT2D eigenvalue weighted by Gasteiger charge is 2.39. The molecule has 0 aliphatic carbocycles. The number of nitrogens with one attached hydrogen (secondary N) is 1. The van der Waals surface area contributed by atoms with Crippen LogP contribution in [0.3, 0.4) is 0 Å². The van der Waals surface area contributed by atoms with E-state index in [1.54, 1.807) is 19.1 Å². The van der Waals surface area contributed by atoms with E-state index in [2.05, 4.69) is 19.2 Å². The Labute approximate surface area is 165 Å². The maximum atomic E-state index is 12.8. The van der Waals surface area contributed by atoms with Gasteiger partial charge in [-0.3, -0.25) is 4.79 Å². The summed E-state index contributed by atoms with van der Waals surface area (Å²) in [5, 5.41) is 3.64. The molecular formula is C22H26ClNO3. The molecule has 0 unspecified atom stereocenters. The van der Waals surface area contributed by atoms with Crippen molar-refractivity contribution in [3.8, 4) is 11.5 Å². The summed E-state index contributed by atoms with van der Waals surface area (Å²) in [6.45, 7) is 5.98. The van der Waals surface area contributed by atoms with Crippen LogP contribution >= 0.6 is 11.6 Å². The molecule has 0 aromatic heterocycles. The number of benzene rings is 2. The Kier molecular flexibility index (Phi) is 5.95. The Bertz CT molecular complexity index is 804. The zero-order valence-corrected chi connectivity index (χ0v) is 16.8. The zero-order chi connectivity index (χ0) is 19.4. The van der Waals surface area contributed by atoms with Crippen LogP contribution in [0.2, 0.25) is 5.02 Å². The van der Waals surface area contributed by atoms with Crippen LogP contribution in [-0.2, 0) is 4.79 Å². The lowest BCUT2D eigenvalue weighted by Crippen LogP contribution is -2.46. The van der Waals surface area contributed by atoms with Gasteiger partial charge in [-0.2, -0.15) is 0 Å². The lowest BCUT2D eigenvalue weighted by atomic mass is 9.83. The van der Waals surface area contributed by atoms with Crippen LogP contribution in [0, 0.1) is 0 Å². The molecular weight excluding hydrogens is 362 g/mol. The summed E-state index contributed by atoms with van der Waals surface area (Å²) >= 11 is 6.13. The van der Waals surface area contributed by atoms with Crippen molar-refractivity contribution in [2.45, 2.75) is 57.8 Å². The van der Waals surface area contributed by atoms with Gasteiger partial charge in [-0.25, -0.2) is 0 Å². The molecule has 0 saturated heterocycles. The molecule has 0 spiro atoms. The number of hydrogen-bond acceptors (Lipinski definition) is 3. The molecule has 1 aliphatic heterocycles. The van der Waals surface area contributed by atoms with E-state index in [1.165, 1.54) is 0 Å². The van der Waals surface area contributed by atoms with E-state index in [4.69, 9.17) is 21.1 Å². The number of amides is 1. The molecule has 144 valence electrons. The predicted molar refractivity (Wildman–Crippen MR) is 107 cm³/mol. The van der Waals surface area contributed by atoms with E-state index >= 15 is 0 Å². The summed E-state index contributed by atoms with van der Waals surface area (Å²) in [5.41, 5.74) is 0.743. The third-order valence-corrected chi connectivity index (χ3v) is 5.62. The summed E-state index contributed by atoms with van der Waals surface area (Å²) < 4.78 is 12.1. The average Bonchev–Trinajstić information content (AvgIpc) is 2.69. The zero-order valence-electron chi connectivity index (χ0n) is 16.0. The molecule has 5 heteroatoms. The first-order valence-corrected chi connectivity index (χ1v) is 9.85. The van der Waals surface area contributed by atoms with Gasteiger partial charge in [0, 0.05) is 12.0 Å².